The summed E-state index contributed by atoms with van der Waals surface area (Å²) in [5.41, 5.74) is 3.07. The zero-order valence-electron chi connectivity index (χ0n) is 18.2. The Bertz CT molecular complexity index is 1310. The van der Waals surface area contributed by atoms with Gasteiger partial charge in [-0.2, -0.15) is 10.3 Å². The van der Waals surface area contributed by atoms with E-state index in [1.54, 1.807) is 0 Å². The smallest absolute Gasteiger partial charge is 0.177 e. The molecule has 0 unspecified atom stereocenters. The van der Waals surface area contributed by atoms with E-state index in [2.05, 4.69) is 41.2 Å². The van der Waals surface area contributed by atoms with Gasteiger partial charge >= 0.3 is 0 Å². The van der Waals surface area contributed by atoms with E-state index in [4.69, 9.17) is 4.84 Å². The van der Waals surface area contributed by atoms with E-state index < -0.39 is 9.84 Å². The summed E-state index contributed by atoms with van der Waals surface area (Å²) in [6, 6.07) is 0.0612. The van der Waals surface area contributed by atoms with Crippen LogP contribution in [0, 0.1) is 0 Å². The molecular weight excluding hydrogens is 446 g/mol. The third-order valence-electron chi connectivity index (χ3n) is 6.98. The van der Waals surface area contributed by atoms with Crippen molar-refractivity contribution in [1.29, 1.82) is 0 Å². The van der Waals surface area contributed by atoms with Crippen LogP contribution in [0.4, 0.5) is 5.69 Å². The SMILES string of the molecule is CCn1ncc2c(NC3CCS(=O)(=O)CC3)c(C3=NOC4(C3)CC(c3nn[nH]n3)C4)cnc21. The van der Waals surface area contributed by atoms with Crippen molar-refractivity contribution < 1.29 is 13.3 Å². The molecule has 1 aliphatic carbocycles. The summed E-state index contributed by atoms with van der Waals surface area (Å²) in [6.07, 6.45) is 7.04. The Kier molecular flexibility index (Phi) is 4.64. The Morgan fingerprint density at radius 3 is 2.82 bits per heavy atom. The molecule has 3 aromatic heterocycles. The predicted molar refractivity (Wildman–Crippen MR) is 120 cm³/mol. The molecular formula is C20H25N9O3S. The molecule has 0 amide bonds. The monoisotopic (exact) mass is 471 g/mol. The van der Waals surface area contributed by atoms with Crippen LogP contribution in [0.3, 0.4) is 0 Å². The number of aromatic nitrogens is 7. The first-order valence-corrected chi connectivity index (χ1v) is 13.1. The average molecular weight is 472 g/mol. The molecule has 174 valence electrons. The van der Waals surface area contributed by atoms with Crippen LogP contribution in [0.25, 0.3) is 11.0 Å². The van der Waals surface area contributed by atoms with Crippen LogP contribution >= 0.6 is 0 Å². The minimum atomic E-state index is -2.94. The van der Waals surface area contributed by atoms with E-state index in [1.807, 2.05) is 24.0 Å². The lowest BCUT2D eigenvalue weighted by molar-refractivity contribution is -0.0893. The number of oxime groups is 1. The van der Waals surface area contributed by atoms with Crippen LogP contribution in [0.1, 0.15) is 56.3 Å². The number of hydrogen-bond donors (Lipinski definition) is 2. The molecule has 0 bridgehead atoms. The molecule has 1 spiro atoms. The maximum Gasteiger partial charge on any atom is 0.177 e. The maximum atomic E-state index is 11.9. The van der Waals surface area contributed by atoms with Crippen molar-refractivity contribution >= 4 is 32.3 Å². The van der Waals surface area contributed by atoms with Crippen molar-refractivity contribution in [1.82, 2.24) is 35.4 Å². The van der Waals surface area contributed by atoms with Crippen LogP contribution < -0.4 is 5.32 Å². The molecule has 1 saturated heterocycles. The summed E-state index contributed by atoms with van der Waals surface area (Å²) < 4.78 is 25.7. The Morgan fingerprint density at radius 1 is 1.27 bits per heavy atom. The molecule has 3 aliphatic rings. The first-order chi connectivity index (χ1) is 16.0. The fourth-order valence-corrected chi connectivity index (χ4v) is 6.61. The minimum Gasteiger partial charge on any atom is -0.389 e. The highest BCUT2D eigenvalue weighted by molar-refractivity contribution is 7.91. The number of sulfone groups is 1. The lowest BCUT2D eigenvalue weighted by Gasteiger charge is -2.40. The third-order valence-corrected chi connectivity index (χ3v) is 8.70. The minimum absolute atomic E-state index is 0.0612. The summed E-state index contributed by atoms with van der Waals surface area (Å²) in [5, 5.41) is 27.8. The van der Waals surface area contributed by atoms with Gasteiger partial charge in [0.15, 0.2) is 11.5 Å². The largest absolute Gasteiger partial charge is 0.389 e. The number of nitrogens with zero attached hydrogens (tertiary/aromatic N) is 7. The van der Waals surface area contributed by atoms with Gasteiger partial charge in [0, 0.05) is 49.5 Å². The Balaban J connectivity index is 1.28. The molecule has 2 aliphatic heterocycles. The Morgan fingerprint density at radius 2 is 2.09 bits per heavy atom. The van der Waals surface area contributed by atoms with Gasteiger partial charge in [0.2, 0.25) is 0 Å². The quantitative estimate of drug-likeness (QED) is 0.562. The zero-order valence-corrected chi connectivity index (χ0v) is 19.0. The number of aryl methyl sites for hydroxylation is 1. The molecule has 6 rings (SSSR count). The predicted octanol–water partition coefficient (Wildman–Crippen LogP) is 1.39. The van der Waals surface area contributed by atoms with Crippen LogP contribution in [-0.2, 0) is 21.2 Å². The number of tetrazole rings is 1. The second kappa shape index (κ2) is 7.47. The molecule has 2 N–H and O–H groups in total. The van der Waals surface area contributed by atoms with E-state index in [-0.39, 0.29) is 29.1 Å². The van der Waals surface area contributed by atoms with Gasteiger partial charge in [-0.05, 0) is 19.8 Å². The van der Waals surface area contributed by atoms with Crippen molar-refractivity contribution in [2.45, 2.75) is 63.1 Å². The second-order valence-corrected chi connectivity index (χ2v) is 11.5. The van der Waals surface area contributed by atoms with Crippen molar-refractivity contribution in [3.63, 3.8) is 0 Å². The molecule has 3 aromatic rings. The Labute approximate surface area is 190 Å². The van der Waals surface area contributed by atoms with Crippen LogP contribution in [0.5, 0.6) is 0 Å². The molecule has 33 heavy (non-hydrogen) atoms. The van der Waals surface area contributed by atoms with Gasteiger partial charge in [0.05, 0.1) is 34.5 Å². The first-order valence-electron chi connectivity index (χ1n) is 11.3. The van der Waals surface area contributed by atoms with Gasteiger partial charge in [0.1, 0.15) is 15.4 Å². The average Bonchev–Trinajstić information content (AvgIpc) is 3.53. The summed E-state index contributed by atoms with van der Waals surface area (Å²) >= 11 is 0. The molecule has 0 aromatic carbocycles. The van der Waals surface area contributed by atoms with Crippen LogP contribution in [0.15, 0.2) is 17.5 Å². The van der Waals surface area contributed by atoms with Crippen molar-refractivity contribution in [3.8, 4) is 0 Å². The number of H-pyrrole nitrogens is 1. The molecule has 2 fully saturated rings. The standard InChI is InChI=1S/C20H25N9O3S/c1-2-29-19-15(11-22-29)17(23-13-3-5-33(30,31)6-4-13)14(10-21-19)16-9-20(32-26-16)7-12(8-20)18-24-27-28-25-18/h10-13H,2-9H2,1H3,(H,21,23)(H,24,25,27,28). The number of aromatic amines is 1. The molecule has 1 saturated carbocycles. The highest BCUT2D eigenvalue weighted by atomic mass is 32.2. The molecule has 5 heterocycles. The van der Waals surface area contributed by atoms with Gasteiger partial charge in [-0.15, -0.1) is 10.2 Å². The van der Waals surface area contributed by atoms with Gasteiger partial charge in [-0.3, -0.25) is 0 Å². The van der Waals surface area contributed by atoms with Gasteiger partial charge < -0.3 is 10.2 Å². The van der Waals surface area contributed by atoms with Gasteiger partial charge in [-0.1, -0.05) is 10.4 Å². The summed E-state index contributed by atoms with van der Waals surface area (Å²) in [5.74, 6) is 1.33. The fourth-order valence-electron chi connectivity index (χ4n) is 5.12. The zero-order chi connectivity index (χ0) is 22.6. The number of nitrogens with one attached hydrogen (secondary N) is 2. The Hall–Kier alpha value is -3.09. The van der Waals surface area contributed by atoms with E-state index in [0.29, 0.717) is 31.6 Å². The number of fused-ring (bicyclic) bond motifs is 1. The summed E-state index contributed by atoms with van der Waals surface area (Å²) in [6.45, 7) is 2.73. The number of anilines is 1. The molecule has 12 nitrogen and oxygen atoms in total. The van der Waals surface area contributed by atoms with Gasteiger partial charge in [0.25, 0.3) is 0 Å². The van der Waals surface area contributed by atoms with E-state index >= 15 is 0 Å². The normalized spacial score (nSPS) is 22.3. The summed E-state index contributed by atoms with van der Waals surface area (Å²) in [4.78, 5) is 10.6. The van der Waals surface area contributed by atoms with Crippen LogP contribution in [-0.4, -0.2) is 72.7 Å². The first kappa shape index (κ1) is 20.5. The number of pyridine rings is 1. The number of hydrogen-bond acceptors (Lipinski definition) is 10. The van der Waals surface area contributed by atoms with E-state index in [1.165, 1.54) is 0 Å². The fraction of sp³-hybridized carbons (Fsp3) is 0.600. The van der Waals surface area contributed by atoms with Crippen molar-refractivity contribution in [2.75, 3.05) is 16.8 Å². The third kappa shape index (κ3) is 3.54. The molecule has 13 heteroatoms. The number of rotatable bonds is 5. The maximum absolute atomic E-state index is 11.9. The topological polar surface area (TPSA) is 153 Å². The second-order valence-electron chi connectivity index (χ2n) is 9.18. The van der Waals surface area contributed by atoms with Crippen molar-refractivity contribution in [2.24, 2.45) is 5.16 Å². The van der Waals surface area contributed by atoms with Crippen molar-refractivity contribution in [3.05, 3.63) is 23.8 Å². The van der Waals surface area contributed by atoms with E-state index in [0.717, 1.165) is 40.8 Å². The van der Waals surface area contributed by atoms with Crippen LogP contribution in [0.2, 0.25) is 0 Å². The summed E-state index contributed by atoms with van der Waals surface area (Å²) in [7, 11) is -2.94. The van der Waals surface area contributed by atoms with Gasteiger partial charge in [-0.25, -0.2) is 18.1 Å². The highest BCUT2D eigenvalue weighted by Crippen LogP contribution is 2.51. The lowest BCUT2D eigenvalue weighted by Crippen LogP contribution is -2.43. The lowest BCUT2D eigenvalue weighted by atomic mass is 9.68. The highest BCUT2D eigenvalue weighted by Gasteiger charge is 2.53. The van der Waals surface area contributed by atoms with E-state index in [9.17, 15) is 8.42 Å². The molecule has 0 radical (unpaired) electrons. The molecule has 0 atom stereocenters.